The molecule has 1 aliphatic heterocycles. The first kappa shape index (κ1) is 16.2. The predicted molar refractivity (Wildman–Crippen MR) is 88.9 cm³/mol. The number of aryl methyl sites for hydroxylation is 2. The summed E-state index contributed by atoms with van der Waals surface area (Å²) < 4.78 is 0. The number of carboxylic acid groups (broad SMARTS) is 1. The topological polar surface area (TPSA) is 57.6 Å². The van der Waals surface area contributed by atoms with E-state index in [9.17, 15) is 14.7 Å². The van der Waals surface area contributed by atoms with Gasteiger partial charge in [0.15, 0.2) is 5.78 Å². The van der Waals surface area contributed by atoms with Gasteiger partial charge < -0.3 is 5.11 Å². The Balaban J connectivity index is 1.61. The molecule has 1 aliphatic carbocycles. The summed E-state index contributed by atoms with van der Waals surface area (Å²) in [4.78, 5) is 25.7. The summed E-state index contributed by atoms with van der Waals surface area (Å²) in [6, 6.07) is 5.68. The average Bonchev–Trinajstić information content (AvgIpc) is 2.59. The quantitative estimate of drug-likeness (QED) is 0.848. The van der Waals surface area contributed by atoms with E-state index in [1.807, 2.05) is 11.0 Å². The molecule has 4 nitrogen and oxygen atoms in total. The largest absolute Gasteiger partial charge is 0.480 e. The van der Waals surface area contributed by atoms with Gasteiger partial charge in [0.05, 0.1) is 0 Å². The summed E-state index contributed by atoms with van der Waals surface area (Å²) in [5, 5.41) is 9.30. The molecular formula is C19H25NO3. The maximum Gasteiger partial charge on any atom is 0.320 e. The number of ketones is 1. The summed E-state index contributed by atoms with van der Waals surface area (Å²) in [5.74, 6) is -0.626. The summed E-state index contributed by atoms with van der Waals surface area (Å²) in [7, 11) is 0. The standard InChI is InChI=1S/C19H25NO3/c21-18(10-12-20-11-4-3-7-17(20)19(22)23)16-9-8-14-5-1-2-6-15(14)13-16/h8-9,13,17H,1-7,10-12H2,(H,22,23). The highest BCUT2D eigenvalue weighted by atomic mass is 16.4. The van der Waals surface area contributed by atoms with Gasteiger partial charge in [-0.05, 0) is 62.3 Å². The lowest BCUT2D eigenvalue weighted by Gasteiger charge is -2.32. The van der Waals surface area contributed by atoms with Gasteiger partial charge in [-0.15, -0.1) is 0 Å². The Labute approximate surface area is 137 Å². The van der Waals surface area contributed by atoms with Crippen molar-refractivity contribution in [3.05, 3.63) is 34.9 Å². The van der Waals surface area contributed by atoms with Crippen LogP contribution in [0, 0.1) is 0 Å². The second kappa shape index (κ2) is 7.26. The minimum absolute atomic E-state index is 0.132. The van der Waals surface area contributed by atoms with Crippen LogP contribution in [0.1, 0.15) is 60.0 Å². The van der Waals surface area contributed by atoms with Gasteiger partial charge in [0.1, 0.15) is 6.04 Å². The van der Waals surface area contributed by atoms with E-state index in [4.69, 9.17) is 0 Å². The maximum absolute atomic E-state index is 12.5. The van der Waals surface area contributed by atoms with E-state index < -0.39 is 12.0 Å². The third kappa shape index (κ3) is 3.81. The number of nitrogens with zero attached hydrogens (tertiary/aromatic N) is 1. The van der Waals surface area contributed by atoms with Gasteiger partial charge in [-0.1, -0.05) is 18.6 Å². The van der Waals surface area contributed by atoms with Crippen molar-refractivity contribution in [2.24, 2.45) is 0 Å². The molecule has 23 heavy (non-hydrogen) atoms. The molecule has 1 aromatic carbocycles. The number of carboxylic acids is 1. The van der Waals surface area contributed by atoms with Crippen molar-refractivity contribution in [1.82, 2.24) is 4.90 Å². The van der Waals surface area contributed by atoms with Crippen molar-refractivity contribution in [3.63, 3.8) is 0 Å². The SMILES string of the molecule is O=C(CCN1CCCCC1C(=O)O)c1ccc2c(c1)CCCC2. The minimum atomic E-state index is -0.758. The molecular weight excluding hydrogens is 290 g/mol. The number of aliphatic carboxylic acids is 1. The smallest absolute Gasteiger partial charge is 0.320 e. The molecule has 1 aromatic rings. The first-order valence-electron chi connectivity index (χ1n) is 8.77. The van der Waals surface area contributed by atoms with Crippen LogP contribution in [0.5, 0.6) is 0 Å². The number of Topliss-reactive ketones (excluding diaryl/α,β-unsaturated/α-hetero) is 1. The summed E-state index contributed by atoms with van der Waals surface area (Å²) in [6.07, 6.45) is 7.74. The highest BCUT2D eigenvalue weighted by Gasteiger charge is 2.28. The summed E-state index contributed by atoms with van der Waals surface area (Å²) in [5.41, 5.74) is 3.49. The van der Waals surface area contributed by atoms with Gasteiger partial charge in [-0.25, -0.2) is 0 Å². The average molecular weight is 315 g/mol. The molecule has 1 atom stereocenters. The molecule has 1 unspecified atom stereocenters. The molecule has 2 aliphatic rings. The fourth-order valence-corrected chi connectivity index (χ4v) is 3.83. The molecule has 0 aromatic heterocycles. The summed E-state index contributed by atoms with van der Waals surface area (Å²) >= 11 is 0. The van der Waals surface area contributed by atoms with Gasteiger partial charge in [0.25, 0.3) is 0 Å². The zero-order chi connectivity index (χ0) is 16.2. The molecule has 0 bridgehead atoms. The molecule has 4 heteroatoms. The molecule has 0 radical (unpaired) electrons. The fraction of sp³-hybridized carbons (Fsp3) is 0.579. The predicted octanol–water partition coefficient (Wildman–Crippen LogP) is 3.08. The minimum Gasteiger partial charge on any atom is -0.480 e. The van der Waals surface area contributed by atoms with E-state index in [0.29, 0.717) is 19.4 Å². The van der Waals surface area contributed by atoms with Crippen LogP contribution in [0.25, 0.3) is 0 Å². The Kier molecular flexibility index (Phi) is 5.11. The number of fused-ring (bicyclic) bond motifs is 1. The van der Waals surface area contributed by atoms with Crippen molar-refractivity contribution in [2.45, 2.75) is 57.4 Å². The molecule has 124 valence electrons. The second-order valence-electron chi connectivity index (χ2n) is 6.75. The van der Waals surface area contributed by atoms with Crippen LogP contribution in [0.2, 0.25) is 0 Å². The number of rotatable bonds is 5. The number of benzene rings is 1. The fourth-order valence-electron chi connectivity index (χ4n) is 3.83. The highest BCUT2D eigenvalue weighted by molar-refractivity contribution is 5.96. The number of hydrogen-bond acceptors (Lipinski definition) is 3. The van der Waals surface area contributed by atoms with Crippen LogP contribution in [-0.2, 0) is 17.6 Å². The molecule has 1 saturated heterocycles. The van der Waals surface area contributed by atoms with E-state index >= 15 is 0 Å². The monoisotopic (exact) mass is 315 g/mol. The first-order valence-corrected chi connectivity index (χ1v) is 8.77. The van der Waals surface area contributed by atoms with Crippen molar-refractivity contribution < 1.29 is 14.7 Å². The molecule has 0 saturated carbocycles. The van der Waals surface area contributed by atoms with Gasteiger partial charge in [-0.2, -0.15) is 0 Å². The van der Waals surface area contributed by atoms with Crippen molar-refractivity contribution >= 4 is 11.8 Å². The highest BCUT2D eigenvalue weighted by Crippen LogP contribution is 2.23. The molecule has 1 fully saturated rings. The van der Waals surface area contributed by atoms with E-state index in [0.717, 1.165) is 37.8 Å². The molecule has 3 rings (SSSR count). The Morgan fingerprint density at radius 2 is 1.87 bits per heavy atom. The van der Waals surface area contributed by atoms with Gasteiger partial charge in [0.2, 0.25) is 0 Å². The van der Waals surface area contributed by atoms with E-state index in [2.05, 4.69) is 12.1 Å². The third-order valence-electron chi connectivity index (χ3n) is 5.20. The maximum atomic E-state index is 12.5. The second-order valence-corrected chi connectivity index (χ2v) is 6.75. The van der Waals surface area contributed by atoms with E-state index in [1.54, 1.807) is 0 Å². The molecule has 1 heterocycles. The van der Waals surface area contributed by atoms with E-state index in [1.165, 1.54) is 24.0 Å². The first-order chi connectivity index (χ1) is 11.1. The van der Waals surface area contributed by atoms with E-state index in [-0.39, 0.29) is 5.78 Å². The van der Waals surface area contributed by atoms with Crippen LogP contribution in [-0.4, -0.2) is 40.9 Å². The number of likely N-dealkylation sites (tertiary alicyclic amines) is 1. The Bertz CT molecular complexity index is 596. The number of piperidine rings is 1. The van der Waals surface area contributed by atoms with Crippen molar-refractivity contribution in [1.29, 1.82) is 0 Å². The van der Waals surface area contributed by atoms with Gasteiger partial charge in [-0.3, -0.25) is 14.5 Å². The Hall–Kier alpha value is -1.68. The van der Waals surface area contributed by atoms with Crippen LogP contribution < -0.4 is 0 Å². The van der Waals surface area contributed by atoms with Crippen LogP contribution in [0.3, 0.4) is 0 Å². The zero-order valence-electron chi connectivity index (χ0n) is 13.6. The third-order valence-corrected chi connectivity index (χ3v) is 5.20. The van der Waals surface area contributed by atoms with Gasteiger partial charge in [0, 0.05) is 18.5 Å². The lowest BCUT2D eigenvalue weighted by Crippen LogP contribution is -2.45. The zero-order valence-corrected chi connectivity index (χ0v) is 13.6. The lowest BCUT2D eigenvalue weighted by atomic mass is 9.89. The number of carbonyl (C=O) groups is 2. The van der Waals surface area contributed by atoms with Crippen molar-refractivity contribution in [3.8, 4) is 0 Å². The van der Waals surface area contributed by atoms with Crippen LogP contribution >= 0.6 is 0 Å². The van der Waals surface area contributed by atoms with Gasteiger partial charge >= 0.3 is 5.97 Å². The molecule has 0 amide bonds. The summed E-state index contributed by atoms with van der Waals surface area (Å²) in [6.45, 7) is 1.33. The van der Waals surface area contributed by atoms with Crippen LogP contribution in [0.4, 0.5) is 0 Å². The Morgan fingerprint density at radius 3 is 2.65 bits per heavy atom. The normalized spacial score (nSPS) is 21.7. The Morgan fingerprint density at radius 1 is 1.09 bits per heavy atom. The van der Waals surface area contributed by atoms with Crippen molar-refractivity contribution in [2.75, 3.05) is 13.1 Å². The molecule has 0 spiro atoms. The number of hydrogen-bond donors (Lipinski definition) is 1. The lowest BCUT2D eigenvalue weighted by molar-refractivity contribution is -0.144. The van der Waals surface area contributed by atoms with Crippen LogP contribution in [0.15, 0.2) is 18.2 Å². The number of carbonyl (C=O) groups excluding carboxylic acids is 1. The molecule has 1 N–H and O–H groups in total.